The van der Waals surface area contributed by atoms with Crippen LogP contribution in [0.15, 0.2) is 24.3 Å². The standard InChI is InChI=1S/C7H8O5/c8-5-2-1-3-6(4-5)12-7(9,10)11/h1-4,8-11H. The van der Waals surface area contributed by atoms with Crippen molar-refractivity contribution in [2.45, 2.75) is 6.16 Å². The van der Waals surface area contributed by atoms with Crippen molar-refractivity contribution < 1.29 is 25.2 Å². The first-order valence-electron chi connectivity index (χ1n) is 3.12. The molecule has 0 unspecified atom stereocenters. The van der Waals surface area contributed by atoms with E-state index in [-0.39, 0.29) is 11.5 Å². The first-order valence-corrected chi connectivity index (χ1v) is 3.12. The molecule has 1 rings (SSSR count). The molecule has 0 aromatic heterocycles. The average molecular weight is 172 g/mol. The van der Waals surface area contributed by atoms with Crippen molar-refractivity contribution in [3.8, 4) is 11.5 Å². The molecule has 0 saturated carbocycles. The Hall–Kier alpha value is -1.30. The van der Waals surface area contributed by atoms with E-state index in [2.05, 4.69) is 4.74 Å². The van der Waals surface area contributed by atoms with Gasteiger partial charge in [-0.15, -0.1) is 0 Å². The van der Waals surface area contributed by atoms with Gasteiger partial charge in [0.15, 0.2) is 0 Å². The molecule has 0 saturated heterocycles. The maximum atomic E-state index is 8.88. The van der Waals surface area contributed by atoms with Crippen LogP contribution in [-0.4, -0.2) is 26.6 Å². The van der Waals surface area contributed by atoms with E-state index in [1.165, 1.54) is 18.2 Å². The van der Waals surface area contributed by atoms with Gasteiger partial charge in [-0.25, -0.2) is 0 Å². The van der Waals surface area contributed by atoms with E-state index >= 15 is 0 Å². The summed E-state index contributed by atoms with van der Waals surface area (Å²) in [7, 11) is 0. The maximum Gasteiger partial charge on any atom is 0.453 e. The van der Waals surface area contributed by atoms with Gasteiger partial charge in [0.1, 0.15) is 11.5 Å². The largest absolute Gasteiger partial charge is 0.508 e. The lowest BCUT2D eigenvalue weighted by molar-refractivity contribution is -0.419. The summed E-state index contributed by atoms with van der Waals surface area (Å²) in [6.45, 7) is 0. The summed E-state index contributed by atoms with van der Waals surface area (Å²) in [5.74, 6) is -0.153. The molecule has 0 aliphatic carbocycles. The molecule has 0 aliphatic rings. The number of ether oxygens (including phenoxy) is 1. The van der Waals surface area contributed by atoms with Gasteiger partial charge in [-0.2, -0.15) is 0 Å². The number of benzene rings is 1. The molecule has 0 bridgehead atoms. The van der Waals surface area contributed by atoms with E-state index in [0.717, 1.165) is 6.07 Å². The number of rotatable bonds is 2. The van der Waals surface area contributed by atoms with Crippen LogP contribution in [0, 0.1) is 0 Å². The smallest absolute Gasteiger partial charge is 0.453 e. The Morgan fingerprint density at radius 1 is 1.17 bits per heavy atom. The zero-order chi connectivity index (χ0) is 9.19. The van der Waals surface area contributed by atoms with Gasteiger partial charge in [0, 0.05) is 6.07 Å². The fourth-order valence-corrected chi connectivity index (χ4v) is 0.705. The Kier molecular flexibility index (Phi) is 2.18. The Morgan fingerprint density at radius 2 is 1.83 bits per heavy atom. The van der Waals surface area contributed by atoms with Crippen LogP contribution in [0.25, 0.3) is 0 Å². The van der Waals surface area contributed by atoms with E-state index in [4.69, 9.17) is 20.4 Å². The third-order valence-corrected chi connectivity index (χ3v) is 1.07. The monoisotopic (exact) mass is 172 g/mol. The zero-order valence-corrected chi connectivity index (χ0v) is 6.01. The zero-order valence-electron chi connectivity index (χ0n) is 6.01. The lowest BCUT2D eigenvalue weighted by Gasteiger charge is -2.14. The normalized spacial score (nSPS) is 11.2. The number of phenols is 1. The molecule has 0 fully saturated rings. The third-order valence-electron chi connectivity index (χ3n) is 1.07. The highest BCUT2D eigenvalue weighted by Crippen LogP contribution is 2.19. The number of hydrogen-bond donors (Lipinski definition) is 4. The summed E-state index contributed by atoms with van der Waals surface area (Å²) in [6, 6.07) is 5.27. The van der Waals surface area contributed by atoms with Crippen molar-refractivity contribution in [2.75, 3.05) is 0 Å². The van der Waals surface area contributed by atoms with Crippen molar-refractivity contribution >= 4 is 0 Å². The van der Waals surface area contributed by atoms with Gasteiger partial charge in [-0.1, -0.05) is 6.07 Å². The molecule has 0 atom stereocenters. The Morgan fingerprint density at radius 3 is 2.33 bits per heavy atom. The minimum Gasteiger partial charge on any atom is -0.508 e. The van der Waals surface area contributed by atoms with Crippen LogP contribution in [0.4, 0.5) is 0 Å². The van der Waals surface area contributed by atoms with E-state index in [1.54, 1.807) is 0 Å². The van der Waals surface area contributed by atoms with E-state index in [9.17, 15) is 0 Å². The molecule has 0 aliphatic heterocycles. The lowest BCUT2D eigenvalue weighted by Crippen LogP contribution is -2.34. The topological polar surface area (TPSA) is 90.2 Å². The highest BCUT2D eigenvalue weighted by molar-refractivity contribution is 5.31. The third kappa shape index (κ3) is 2.75. The first kappa shape index (κ1) is 8.79. The summed E-state index contributed by atoms with van der Waals surface area (Å²) >= 11 is 0. The van der Waals surface area contributed by atoms with Gasteiger partial charge < -0.3 is 25.2 Å². The molecule has 0 amide bonds. The van der Waals surface area contributed by atoms with Gasteiger partial charge in [-0.05, 0) is 12.1 Å². The van der Waals surface area contributed by atoms with E-state index in [1.807, 2.05) is 0 Å². The summed E-state index contributed by atoms with van der Waals surface area (Å²) in [4.78, 5) is 0. The number of aliphatic hydroxyl groups is 3. The van der Waals surface area contributed by atoms with Gasteiger partial charge in [-0.3, -0.25) is 0 Å². The van der Waals surface area contributed by atoms with Gasteiger partial charge in [0.05, 0.1) is 0 Å². The summed E-state index contributed by atoms with van der Waals surface area (Å²) in [5.41, 5.74) is 0. The minimum atomic E-state index is -3.21. The fraction of sp³-hybridized carbons (Fsp3) is 0.143. The van der Waals surface area contributed by atoms with Crippen molar-refractivity contribution in [1.29, 1.82) is 0 Å². The van der Waals surface area contributed by atoms with Crippen LogP contribution in [-0.2, 0) is 0 Å². The molecule has 1 aromatic carbocycles. The quantitative estimate of drug-likeness (QED) is 0.445. The highest BCUT2D eigenvalue weighted by atomic mass is 16.9. The van der Waals surface area contributed by atoms with E-state index in [0.29, 0.717) is 0 Å². The van der Waals surface area contributed by atoms with Gasteiger partial charge in [0.2, 0.25) is 0 Å². The molecule has 0 radical (unpaired) electrons. The lowest BCUT2D eigenvalue weighted by atomic mass is 10.3. The molecule has 5 nitrogen and oxygen atoms in total. The van der Waals surface area contributed by atoms with Crippen LogP contribution in [0.3, 0.4) is 0 Å². The Bertz CT molecular complexity index is 265. The molecular formula is C7H8O5. The molecule has 0 spiro atoms. The summed E-state index contributed by atoms with van der Waals surface area (Å²) < 4.78 is 4.19. The van der Waals surface area contributed by atoms with E-state index < -0.39 is 6.16 Å². The molecule has 0 heterocycles. The molecule has 4 N–H and O–H groups in total. The second-order valence-corrected chi connectivity index (χ2v) is 2.17. The van der Waals surface area contributed by atoms with Crippen LogP contribution >= 0.6 is 0 Å². The number of phenolic OH excluding ortho intramolecular Hbond substituents is 1. The van der Waals surface area contributed by atoms with Crippen molar-refractivity contribution in [3.63, 3.8) is 0 Å². The second-order valence-electron chi connectivity index (χ2n) is 2.17. The maximum absolute atomic E-state index is 8.88. The Balaban J connectivity index is 2.77. The van der Waals surface area contributed by atoms with Crippen molar-refractivity contribution in [2.24, 2.45) is 0 Å². The highest BCUT2D eigenvalue weighted by Gasteiger charge is 2.20. The molecular weight excluding hydrogens is 164 g/mol. The predicted octanol–water partition coefficient (Wildman–Crippen LogP) is -0.641. The van der Waals surface area contributed by atoms with Crippen LogP contribution in [0.1, 0.15) is 0 Å². The number of hydrogen-bond acceptors (Lipinski definition) is 5. The Labute approximate surface area is 68.1 Å². The van der Waals surface area contributed by atoms with Gasteiger partial charge in [0.25, 0.3) is 0 Å². The summed E-state index contributed by atoms with van der Waals surface area (Å²) in [5, 5.41) is 34.0. The second kappa shape index (κ2) is 2.98. The van der Waals surface area contributed by atoms with Crippen molar-refractivity contribution in [1.82, 2.24) is 0 Å². The molecule has 12 heavy (non-hydrogen) atoms. The molecule has 66 valence electrons. The van der Waals surface area contributed by atoms with Crippen LogP contribution < -0.4 is 4.74 Å². The van der Waals surface area contributed by atoms with Crippen LogP contribution in [0.2, 0.25) is 0 Å². The molecule has 1 aromatic rings. The minimum absolute atomic E-state index is 0.0532. The summed E-state index contributed by atoms with van der Waals surface area (Å²) in [6.07, 6.45) is -3.21. The van der Waals surface area contributed by atoms with Crippen LogP contribution in [0.5, 0.6) is 11.5 Å². The molecule has 5 heteroatoms. The SMILES string of the molecule is Oc1cccc(OC(O)(O)O)c1. The average Bonchev–Trinajstić information content (AvgIpc) is 1.82. The first-order chi connectivity index (χ1) is 5.47. The fourth-order valence-electron chi connectivity index (χ4n) is 0.705. The van der Waals surface area contributed by atoms with Gasteiger partial charge >= 0.3 is 6.16 Å². The van der Waals surface area contributed by atoms with Crippen molar-refractivity contribution in [3.05, 3.63) is 24.3 Å². The predicted molar refractivity (Wildman–Crippen MR) is 38.1 cm³/mol. The number of aromatic hydroxyl groups is 1.